The molecule has 1 aromatic carbocycles. The van der Waals surface area contributed by atoms with Crippen molar-refractivity contribution >= 4 is 5.65 Å². The first-order chi connectivity index (χ1) is 12.7. The molecule has 1 fully saturated rings. The highest BCUT2D eigenvalue weighted by Crippen LogP contribution is 2.27. The summed E-state index contributed by atoms with van der Waals surface area (Å²) >= 11 is 0. The Morgan fingerprint density at radius 1 is 1.19 bits per heavy atom. The molecule has 2 aromatic heterocycles. The summed E-state index contributed by atoms with van der Waals surface area (Å²) in [7, 11) is 0. The molecule has 132 valence electrons. The van der Waals surface area contributed by atoms with Gasteiger partial charge in [0.1, 0.15) is 30.6 Å². The molecular weight excluding hydrogens is 333 g/mol. The molecule has 1 aliphatic rings. The molecule has 0 N–H and O–H groups in total. The van der Waals surface area contributed by atoms with E-state index in [0.29, 0.717) is 29.3 Å². The first-order valence-corrected chi connectivity index (χ1v) is 8.63. The van der Waals surface area contributed by atoms with Crippen molar-refractivity contribution in [1.29, 1.82) is 5.26 Å². The van der Waals surface area contributed by atoms with Crippen LogP contribution in [0, 0.1) is 17.1 Å². The van der Waals surface area contributed by atoms with E-state index >= 15 is 0 Å². The van der Waals surface area contributed by atoms with E-state index in [1.165, 1.54) is 31.3 Å². The van der Waals surface area contributed by atoms with Crippen LogP contribution in [0.1, 0.15) is 18.4 Å². The number of hydrogen-bond donors (Lipinski definition) is 0. The lowest BCUT2D eigenvalue weighted by Crippen LogP contribution is -2.25. The van der Waals surface area contributed by atoms with Crippen molar-refractivity contribution in [1.82, 2.24) is 19.5 Å². The van der Waals surface area contributed by atoms with E-state index < -0.39 is 5.82 Å². The van der Waals surface area contributed by atoms with E-state index in [1.54, 1.807) is 10.6 Å². The minimum Gasteiger partial charge on any atom is -0.492 e. The molecule has 3 aromatic rings. The number of aromatic nitrogens is 3. The molecule has 0 spiro atoms. The van der Waals surface area contributed by atoms with E-state index in [4.69, 9.17) is 10.00 Å². The van der Waals surface area contributed by atoms with Crippen LogP contribution < -0.4 is 4.74 Å². The van der Waals surface area contributed by atoms with Crippen LogP contribution >= 0.6 is 0 Å². The lowest BCUT2D eigenvalue weighted by atomic mass is 10.1. The molecule has 0 bridgehead atoms. The number of ether oxygens (including phenoxy) is 1. The highest BCUT2D eigenvalue weighted by atomic mass is 19.1. The van der Waals surface area contributed by atoms with E-state index in [1.807, 2.05) is 18.2 Å². The van der Waals surface area contributed by atoms with Gasteiger partial charge in [0, 0.05) is 24.2 Å². The molecule has 0 unspecified atom stereocenters. The maximum atomic E-state index is 14.0. The van der Waals surface area contributed by atoms with E-state index in [0.717, 1.165) is 19.6 Å². The number of likely N-dealkylation sites (tertiary alicyclic amines) is 1. The number of pyridine rings is 1. The second kappa shape index (κ2) is 7.10. The first-order valence-electron chi connectivity index (χ1n) is 8.63. The van der Waals surface area contributed by atoms with Gasteiger partial charge in [-0.25, -0.2) is 13.9 Å². The van der Waals surface area contributed by atoms with Crippen LogP contribution in [0.2, 0.25) is 0 Å². The monoisotopic (exact) mass is 351 g/mol. The second-order valence-corrected chi connectivity index (χ2v) is 6.31. The van der Waals surface area contributed by atoms with Crippen LogP contribution in [0.25, 0.3) is 16.9 Å². The van der Waals surface area contributed by atoms with E-state index in [2.05, 4.69) is 15.0 Å². The Bertz CT molecular complexity index is 972. The van der Waals surface area contributed by atoms with Crippen molar-refractivity contribution in [2.75, 3.05) is 26.2 Å². The number of fused-ring (bicyclic) bond motifs is 1. The molecule has 1 aliphatic heterocycles. The standard InChI is InChI=1S/C19H18FN5O/c20-17-9-14(3-4-15(17)12-21)18-10-16(11-19-22-13-23-25(18)19)26-8-7-24-5-1-2-6-24/h3-4,9-11,13H,1-2,5-8H2. The summed E-state index contributed by atoms with van der Waals surface area (Å²) in [5.41, 5.74) is 1.92. The third kappa shape index (κ3) is 3.24. The van der Waals surface area contributed by atoms with Gasteiger partial charge >= 0.3 is 0 Å². The van der Waals surface area contributed by atoms with Crippen molar-refractivity contribution in [2.24, 2.45) is 0 Å². The lowest BCUT2D eigenvalue weighted by molar-refractivity contribution is 0.238. The molecule has 0 aliphatic carbocycles. The SMILES string of the molecule is N#Cc1ccc(-c2cc(OCCN3CCCC3)cc3ncnn23)cc1F. The van der Waals surface area contributed by atoms with Crippen LogP contribution in [0.15, 0.2) is 36.7 Å². The minimum atomic E-state index is -0.557. The molecule has 4 rings (SSSR count). The molecule has 0 radical (unpaired) electrons. The molecule has 6 nitrogen and oxygen atoms in total. The van der Waals surface area contributed by atoms with Gasteiger partial charge in [-0.05, 0) is 38.1 Å². The summed E-state index contributed by atoms with van der Waals surface area (Å²) in [4.78, 5) is 6.60. The smallest absolute Gasteiger partial charge is 0.159 e. The number of halogens is 1. The zero-order chi connectivity index (χ0) is 17.9. The Labute approximate surface area is 150 Å². The van der Waals surface area contributed by atoms with Gasteiger partial charge in [-0.15, -0.1) is 0 Å². The number of nitriles is 1. The Hall–Kier alpha value is -2.98. The normalized spacial score (nSPS) is 14.6. The summed E-state index contributed by atoms with van der Waals surface area (Å²) in [6.45, 7) is 3.73. The fraction of sp³-hybridized carbons (Fsp3) is 0.316. The van der Waals surface area contributed by atoms with Crippen LogP contribution in [0.5, 0.6) is 5.75 Å². The van der Waals surface area contributed by atoms with Gasteiger partial charge in [0.25, 0.3) is 0 Å². The van der Waals surface area contributed by atoms with Gasteiger partial charge in [0.05, 0.1) is 11.3 Å². The molecule has 26 heavy (non-hydrogen) atoms. The van der Waals surface area contributed by atoms with Crippen molar-refractivity contribution < 1.29 is 9.13 Å². The number of benzene rings is 1. The number of nitrogens with zero attached hydrogens (tertiary/aromatic N) is 5. The molecular formula is C19H18FN5O. The lowest BCUT2D eigenvalue weighted by Gasteiger charge is -2.15. The topological polar surface area (TPSA) is 66.5 Å². The summed E-state index contributed by atoms with van der Waals surface area (Å²) in [5.74, 6) is 0.114. The Kier molecular flexibility index (Phi) is 4.50. The predicted octanol–water partition coefficient (Wildman–Crippen LogP) is 2.88. The highest BCUT2D eigenvalue weighted by Gasteiger charge is 2.13. The van der Waals surface area contributed by atoms with Crippen molar-refractivity contribution in [3.8, 4) is 23.1 Å². The maximum Gasteiger partial charge on any atom is 0.159 e. The summed E-state index contributed by atoms with van der Waals surface area (Å²) in [6.07, 6.45) is 3.95. The quantitative estimate of drug-likeness (QED) is 0.707. The van der Waals surface area contributed by atoms with Gasteiger partial charge in [-0.1, -0.05) is 6.07 Å². The van der Waals surface area contributed by atoms with Crippen LogP contribution in [0.3, 0.4) is 0 Å². The molecule has 1 saturated heterocycles. The van der Waals surface area contributed by atoms with Crippen LogP contribution in [-0.2, 0) is 0 Å². The Morgan fingerprint density at radius 2 is 2.04 bits per heavy atom. The highest BCUT2D eigenvalue weighted by molar-refractivity contribution is 5.66. The summed E-state index contributed by atoms with van der Waals surface area (Å²) in [6, 6.07) is 9.98. The fourth-order valence-electron chi connectivity index (χ4n) is 3.25. The van der Waals surface area contributed by atoms with Gasteiger partial charge in [0.2, 0.25) is 0 Å². The number of hydrogen-bond acceptors (Lipinski definition) is 5. The zero-order valence-corrected chi connectivity index (χ0v) is 14.2. The molecule has 0 atom stereocenters. The third-order valence-electron chi connectivity index (χ3n) is 4.61. The molecule has 7 heteroatoms. The Balaban J connectivity index is 1.62. The van der Waals surface area contributed by atoms with E-state index in [-0.39, 0.29) is 5.56 Å². The fourth-order valence-corrected chi connectivity index (χ4v) is 3.25. The van der Waals surface area contributed by atoms with E-state index in [9.17, 15) is 4.39 Å². The van der Waals surface area contributed by atoms with Crippen molar-refractivity contribution in [3.63, 3.8) is 0 Å². The first kappa shape index (κ1) is 16.5. The predicted molar refractivity (Wildman–Crippen MR) is 94.3 cm³/mol. The summed E-state index contributed by atoms with van der Waals surface area (Å²) in [5, 5.41) is 13.1. The van der Waals surface area contributed by atoms with Gasteiger partial charge in [0.15, 0.2) is 5.65 Å². The Morgan fingerprint density at radius 3 is 2.81 bits per heavy atom. The van der Waals surface area contributed by atoms with Crippen LogP contribution in [0.4, 0.5) is 4.39 Å². The second-order valence-electron chi connectivity index (χ2n) is 6.31. The average Bonchev–Trinajstić information content (AvgIpc) is 3.32. The third-order valence-corrected chi connectivity index (χ3v) is 4.61. The zero-order valence-electron chi connectivity index (χ0n) is 14.2. The summed E-state index contributed by atoms with van der Waals surface area (Å²) < 4.78 is 21.6. The maximum absolute atomic E-state index is 14.0. The van der Waals surface area contributed by atoms with Crippen molar-refractivity contribution in [3.05, 3.63) is 48.0 Å². The number of rotatable bonds is 5. The largest absolute Gasteiger partial charge is 0.492 e. The van der Waals surface area contributed by atoms with Gasteiger partial charge in [-0.3, -0.25) is 4.90 Å². The average molecular weight is 351 g/mol. The molecule has 3 heterocycles. The molecule has 0 amide bonds. The van der Waals surface area contributed by atoms with Crippen LogP contribution in [-0.4, -0.2) is 45.7 Å². The molecule has 0 saturated carbocycles. The van der Waals surface area contributed by atoms with Gasteiger partial charge < -0.3 is 4.74 Å². The van der Waals surface area contributed by atoms with Gasteiger partial charge in [-0.2, -0.15) is 10.4 Å². The van der Waals surface area contributed by atoms with Crippen molar-refractivity contribution in [2.45, 2.75) is 12.8 Å². The minimum absolute atomic E-state index is 0.0154.